The average Bonchev–Trinajstić information content (AvgIpc) is 2.04. The van der Waals surface area contributed by atoms with Gasteiger partial charge in [0, 0.05) is 0 Å². The van der Waals surface area contributed by atoms with Gasteiger partial charge < -0.3 is 9.84 Å². The van der Waals surface area contributed by atoms with Gasteiger partial charge in [0.1, 0.15) is 0 Å². The summed E-state index contributed by atoms with van der Waals surface area (Å²) in [5.41, 5.74) is 0.924. The van der Waals surface area contributed by atoms with Gasteiger partial charge in [-0.15, -0.1) is 0 Å². The first-order valence-electron chi connectivity index (χ1n) is 4.42. The molecule has 1 rings (SSSR count). The molecule has 0 aliphatic heterocycles. The lowest BCUT2D eigenvalue weighted by Crippen LogP contribution is -2.11. The molecular formula is C10H14O3. The molecule has 1 unspecified atom stereocenters. The molecule has 3 nitrogen and oxygen atoms in total. The number of ether oxygens (including phenoxy) is 1. The third kappa shape index (κ3) is 3.42. The molecule has 1 N–H and O–H groups in total. The van der Waals surface area contributed by atoms with Gasteiger partial charge in [-0.2, -0.15) is 0 Å². The summed E-state index contributed by atoms with van der Waals surface area (Å²) in [4.78, 5) is 11.0. The zero-order valence-corrected chi connectivity index (χ0v) is 7.69. The van der Waals surface area contributed by atoms with Gasteiger partial charge in [0.05, 0.1) is 19.1 Å². The Morgan fingerprint density at radius 3 is 3.15 bits per heavy atom. The molecule has 3 heteroatoms. The quantitative estimate of drug-likeness (QED) is 0.667. The number of aliphatic hydroxyl groups excluding tert-OH is 1. The Morgan fingerprint density at radius 1 is 1.77 bits per heavy atom. The van der Waals surface area contributed by atoms with E-state index in [0.29, 0.717) is 13.0 Å². The van der Waals surface area contributed by atoms with Crippen LogP contribution in [0.3, 0.4) is 0 Å². The van der Waals surface area contributed by atoms with Gasteiger partial charge in [-0.3, -0.25) is 4.79 Å². The van der Waals surface area contributed by atoms with Crippen molar-refractivity contribution in [3.8, 4) is 0 Å². The topological polar surface area (TPSA) is 46.5 Å². The highest BCUT2D eigenvalue weighted by Crippen LogP contribution is 2.16. The lowest BCUT2D eigenvalue weighted by atomic mass is 10.0. The number of esters is 1. The molecule has 0 radical (unpaired) electrons. The van der Waals surface area contributed by atoms with Gasteiger partial charge in [0.2, 0.25) is 0 Å². The SMILES string of the molecule is CCOC(=O)CC1=CC=CC(O)C1. The molecule has 0 saturated heterocycles. The highest BCUT2D eigenvalue weighted by atomic mass is 16.5. The molecule has 0 bridgehead atoms. The number of carbonyl (C=O) groups excluding carboxylic acids is 1. The second-order valence-electron chi connectivity index (χ2n) is 2.96. The van der Waals surface area contributed by atoms with E-state index in [1.807, 2.05) is 6.08 Å². The van der Waals surface area contributed by atoms with Crippen LogP contribution in [0.5, 0.6) is 0 Å². The van der Waals surface area contributed by atoms with Crippen LogP contribution >= 0.6 is 0 Å². The number of allylic oxidation sites excluding steroid dienone is 2. The maximum absolute atomic E-state index is 11.0. The summed E-state index contributed by atoms with van der Waals surface area (Å²) in [6.07, 6.45) is 5.69. The van der Waals surface area contributed by atoms with E-state index in [-0.39, 0.29) is 12.4 Å². The second-order valence-corrected chi connectivity index (χ2v) is 2.96. The Hall–Kier alpha value is -1.09. The summed E-state index contributed by atoms with van der Waals surface area (Å²) in [6.45, 7) is 2.19. The van der Waals surface area contributed by atoms with Crippen LogP contribution in [0.15, 0.2) is 23.8 Å². The monoisotopic (exact) mass is 182 g/mol. The van der Waals surface area contributed by atoms with Crippen LogP contribution in [0.1, 0.15) is 19.8 Å². The molecule has 1 aliphatic carbocycles. The Labute approximate surface area is 77.7 Å². The molecule has 0 amide bonds. The minimum Gasteiger partial charge on any atom is -0.466 e. The van der Waals surface area contributed by atoms with Crippen molar-refractivity contribution in [3.05, 3.63) is 23.8 Å². The molecule has 1 aliphatic rings. The van der Waals surface area contributed by atoms with E-state index in [4.69, 9.17) is 4.74 Å². The number of aliphatic hydroxyl groups is 1. The van der Waals surface area contributed by atoms with Gasteiger partial charge >= 0.3 is 5.97 Å². The van der Waals surface area contributed by atoms with Crippen molar-refractivity contribution in [3.63, 3.8) is 0 Å². The number of carbonyl (C=O) groups is 1. The molecule has 0 spiro atoms. The molecule has 0 aromatic rings. The van der Waals surface area contributed by atoms with Crippen molar-refractivity contribution in [2.75, 3.05) is 6.61 Å². The predicted molar refractivity (Wildman–Crippen MR) is 49.1 cm³/mol. The van der Waals surface area contributed by atoms with Gasteiger partial charge in [-0.05, 0) is 13.3 Å². The van der Waals surface area contributed by atoms with Crippen LogP contribution in [0, 0.1) is 0 Å². The van der Waals surface area contributed by atoms with Gasteiger partial charge in [0.15, 0.2) is 0 Å². The van der Waals surface area contributed by atoms with E-state index in [9.17, 15) is 9.90 Å². The van der Waals surface area contributed by atoms with E-state index >= 15 is 0 Å². The molecule has 0 aromatic carbocycles. The van der Waals surface area contributed by atoms with Crippen molar-refractivity contribution in [1.29, 1.82) is 0 Å². The standard InChI is InChI=1S/C10H14O3/c1-2-13-10(12)7-8-4-3-5-9(11)6-8/h3-5,9,11H,2,6-7H2,1H3. The number of hydrogen-bond donors (Lipinski definition) is 1. The van der Waals surface area contributed by atoms with Crippen molar-refractivity contribution in [2.24, 2.45) is 0 Å². The third-order valence-corrected chi connectivity index (χ3v) is 1.81. The zero-order valence-electron chi connectivity index (χ0n) is 7.69. The van der Waals surface area contributed by atoms with Crippen LogP contribution in [-0.4, -0.2) is 23.8 Å². The van der Waals surface area contributed by atoms with E-state index in [2.05, 4.69) is 0 Å². The number of rotatable bonds is 3. The molecule has 0 saturated carbocycles. The van der Waals surface area contributed by atoms with E-state index in [0.717, 1.165) is 5.57 Å². The van der Waals surface area contributed by atoms with E-state index < -0.39 is 6.10 Å². The van der Waals surface area contributed by atoms with Crippen molar-refractivity contribution in [1.82, 2.24) is 0 Å². The minimum atomic E-state index is -0.450. The summed E-state index contributed by atoms with van der Waals surface area (Å²) >= 11 is 0. The summed E-state index contributed by atoms with van der Waals surface area (Å²) in [6, 6.07) is 0. The molecule has 72 valence electrons. The van der Waals surface area contributed by atoms with Gasteiger partial charge in [-0.25, -0.2) is 0 Å². The Kier molecular flexibility index (Phi) is 3.71. The van der Waals surface area contributed by atoms with E-state index in [1.54, 1.807) is 19.1 Å². The van der Waals surface area contributed by atoms with Crippen LogP contribution in [0.4, 0.5) is 0 Å². The first kappa shape index (κ1) is 9.99. The fourth-order valence-corrected chi connectivity index (χ4v) is 1.25. The normalized spacial score (nSPS) is 21.1. The van der Waals surface area contributed by atoms with E-state index in [1.165, 1.54) is 0 Å². The summed E-state index contributed by atoms with van der Waals surface area (Å²) < 4.78 is 4.79. The highest BCUT2D eigenvalue weighted by molar-refractivity contribution is 5.72. The van der Waals surface area contributed by atoms with Gasteiger partial charge in [-0.1, -0.05) is 23.8 Å². The first-order chi connectivity index (χ1) is 6.22. The second kappa shape index (κ2) is 4.82. The van der Waals surface area contributed by atoms with Gasteiger partial charge in [0.25, 0.3) is 0 Å². The highest BCUT2D eigenvalue weighted by Gasteiger charge is 2.11. The largest absolute Gasteiger partial charge is 0.466 e. The lowest BCUT2D eigenvalue weighted by molar-refractivity contribution is -0.142. The Morgan fingerprint density at radius 2 is 2.54 bits per heavy atom. The van der Waals surface area contributed by atoms with Crippen molar-refractivity contribution in [2.45, 2.75) is 25.9 Å². The average molecular weight is 182 g/mol. The fourth-order valence-electron chi connectivity index (χ4n) is 1.25. The minimum absolute atomic E-state index is 0.226. The van der Waals surface area contributed by atoms with Crippen LogP contribution < -0.4 is 0 Å². The summed E-state index contributed by atoms with van der Waals surface area (Å²) in [7, 11) is 0. The summed E-state index contributed by atoms with van der Waals surface area (Å²) in [5, 5.41) is 9.24. The fraction of sp³-hybridized carbons (Fsp3) is 0.500. The predicted octanol–water partition coefficient (Wildman–Crippen LogP) is 1.19. The molecule has 0 heterocycles. The molecule has 1 atom stereocenters. The van der Waals surface area contributed by atoms with Crippen LogP contribution in [-0.2, 0) is 9.53 Å². The smallest absolute Gasteiger partial charge is 0.309 e. The summed E-state index contributed by atoms with van der Waals surface area (Å²) in [5.74, 6) is -0.226. The maximum Gasteiger partial charge on any atom is 0.309 e. The van der Waals surface area contributed by atoms with Crippen LogP contribution in [0.2, 0.25) is 0 Å². The molecular weight excluding hydrogens is 168 g/mol. The van der Waals surface area contributed by atoms with Crippen molar-refractivity contribution < 1.29 is 14.6 Å². The van der Waals surface area contributed by atoms with Crippen molar-refractivity contribution >= 4 is 5.97 Å². The molecule has 0 aromatic heterocycles. The molecule has 0 fully saturated rings. The first-order valence-corrected chi connectivity index (χ1v) is 4.42. The Balaban J connectivity index is 2.41. The van der Waals surface area contributed by atoms with Crippen LogP contribution in [0.25, 0.3) is 0 Å². The third-order valence-electron chi connectivity index (χ3n) is 1.81. The number of hydrogen-bond acceptors (Lipinski definition) is 3. The zero-order chi connectivity index (χ0) is 9.68. The maximum atomic E-state index is 11.0. The lowest BCUT2D eigenvalue weighted by Gasteiger charge is -2.12. The Bertz CT molecular complexity index is 241. The molecule has 13 heavy (non-hydrogen) atoms.